The van der Waals surface area contributed by atoms with Crippen molar-refractivity contribution in [3.05, 3.63) is 182 Å². The average molecular weight is 691 g/mol. The van der Waals surface area contributed by atoms with Crippen LogP contribution in [0.5, 0.6) is 0 Å². The van der Waals surface area contributed by atoms with E-state index in [9.17, 15) is 0 Å². The molecule has 0 spiro atoms. The van der Waals surface area contributed by atoms with Crippen molar-refractivity contribution in [1.82, 2.24) is 19.5 Å². The van der Waals surface area contributed by atoms with Crippen molar-refractivity contribution < 1.29 is 4.42 Å². The summed E-state index contributed by atoms with van der Waals surface area (Å²) in [7, 11) is 0. The fraction of sp³-hybridized carbons (Fsp3) is 0. The maximum absolute atomic E-state index is 6.86. The second-order valence-corrected chi connectivity index (χ2v) is 13.6. The zero-order valence-corrected chi connectivity index (χ0v) is 29.0. The van der Waals surface area contributed by atoms with Gasteiger partial charge in [-0.1, -0.05) is 140 Å². The third-order valence-corrected chi connectivity index (χ3v) is 10.4. The van der Waals surface area contributed by atoms with Gasteiger partial charge < -0.3 is 8.98 Å². The summed E-state index contributed by atoms with van der Waals surface area (Å²) >= 11 is 0. The number of nitrogens with zero attached hydrogens (tertiary/aromatic N) is 4. The van der Waals surface area contributed by atoms with E-state index in [1.165, 1.54) is 16.2 Å². The van der Waals surface area contributed by atoms with Gasteiger partial charge in [-0.3, -0.25) is 0 Å². The van der Waals surface area contributed by atoms with Gasteiger partial charge in [-0.25, -0.2) is 15.0 Å². The van der Waals surface area contributed by atoms with Crippen LogP contribution in [0.1, 0.15) is 0 Å². The normalized spacial score (nSPS) is 11.7. The van der Waals surface area contributed by atoms with Crippen LogP contribution in [0.3, 0.4) is 0 Å². The SMILES string of the molecule is c1ccc(-c2cccc(-c3nc(-c4ccccc4)nc(-c4ccc5c(oc6ccccc65)c4-n4c5ccccc5c5cc6ccccc6cc54)n3)c2)cc1. The van der Waals surface area contributed by atoms with Crippen molar-refractivity contribution in [3.63, 3.8) is 0 Å². The van der Waals surface area contributed by atoms with Gasteiger partial charge in [0.25, 0.3) is 0 Å². The quantitative estimate of drug-likeness (QED) is 0.180. The molecule has 11 rings (SSSR count). The van der Waals surface area contributed by atoms with Gasteiger partial charge in [0.15, 0.2) is 23.1 Å². The molecule has 0 aliphatic carbocycles. The van der Waals surface area contributed by atoms with E-state index >= 15 is 0 Å². The van der Waals surface area contributed by atoms with Crippen LogP contribution in [-0.2, 0) is 0 Å². The van der Waals surface area contributed by atoms with Gasteiger partial charge in [-0.05, 0) is 64.4 Å². The Bertz CT molecular complexity index is 3220. The van der Waals surface area contributed by atoms with Gasteiger partial charge in [-0.2, -0.15) is 0 Å². The number of aromatic nitrogens is 4. The summed E-state index contributed by atoms with van der Waals surface area (Å²) in [5.74, 6) is 1.76. The van der Waals surface area contributed by atoms with Crippen molar-refractivity contribution in [1.29, 1.82) is 0 Å². The van der Waals surface area contributed by atoms with Gasteiger partial charge in [0.1, 0.15) is 11.3 Å². The zero-order valence-electron chi connectivity index (χ0n) is 29.0. The van der Waals surface area contributed by atoms with Crippen molar-refractivity contribution in [2.24, 2.45) is 0 Å². The molecular weight excluding hydrogens is 661 g/mol. The van der Waals surface area contributed by atoms with Crippen LogP contribution in [0.4, 0.5) is 0 Å². The molecule has 0 N–H and O–H groups in total. The van der Waals surface area contributed by atoms with Crippen LogP contribution in [0, 0.1) is 0 Å². The van der Waals surface area contributed by atoms with Crippen LogP contribution in [0.25, 0.3) is 105 Å². The van der Waals surface area contributed by atoms with E-state index in [1.807, 2.05) is 48.5 Å². The lowest BCUT2D eigenvalue weighted by Crippen LogP contribution is -2.04. The molecule has 8 aromatic carbocycles. The van der Waals surface area contributed by atoms with Crippen LogP contribution >= 0.6 is 0 Å². The number of rotatable bonds is 5. The van der Waals surface area contributed by atoms with Gasteiger partial charge >= 0.3 is 0 Å². The Labute approximate surface area is 310 Å². The fourth-order valence-electron chi connectivity index (χ4n) is 7.88. The Morgan fingerprint density at radius 2 is 0.981 bits per heavy atom. The molecule has 0 saturated carbocycles. The predicted octanol–water partition coefficient (Wildman–Crippen LogP) is 12.7. The lowest BCUT2D eigenvalue weighted by molar-refractivity contribution is 0.666. The molecule has 0 radical (unpaired) electrons. The summed E-state index contributed by atoms with van der Waals surface area (Å²) in [4.78, 5) is 15.6. The molecular formula is C49H30N4O. The highest BCUT2D eigenvalue weighted by molar-refractivity contribution is 6.16. The highest BCUT2D eigenvalue weighted by Crippen LogP contribution is 2.43. The molecule has 252 valence electrons. The monoisotopic (exact) mass is 690 g/mol. The number of fused-ring (bicyclic) bond motifs is 7. The van der Waals surface area contributed by atoms with Crippen LogP contribution in [-0.4, -0.2) is 19.5 Å². The zero-order chi connectivity index (χ0) is 35.6. The third kappa shape index (κ3) is 4.83. The highest BCUT2D eigenvalue weighted by Gasteiger charge is 2.24. The molecule has 0 fully saturated rings. The van der Waals surface area contributed by atoms with E-state index in [0.29, 0.717) is 17.5 Å². The number of furan rings is 1. The van der Waals surface area contributed by atoms with E-state index in [4.69, 9.17) is 19.4 Å². The van der Waals surface area contributed by atoms with E-state index in [1.54, 1.807) is 0 Å². The Balaban J connectivity index is 1.25. The molecule has 3 heterocycles. The average Bonchev–Trinajstić information content (AvgIpc) is 3.78. The molecule has 5 heteroatoms. The summed E-state index contributed by atoms with van der Waals surface area (Å²) in [6.45, 7) is 0. The molecule has 0 aliphatic heterocycles. The molecule has 0 amide bonds. The first-order valence-corrected chi connectivity index (χ1v) is 18.1. The minimum absolute atomic E-state index is 0.563. The number of benzene rings is 8. The largest absolute Gasteiger partial charge is 0.454 e. The predicted molar refractivity (Wildman–Crippen MR) is 221 cm³/mol. The van der Waals surface area contributed by atoms with Crippen molar-refractivity contribution in [2.45, 2.75) is 0 Å². The van der Waals surface area contributed by atoms with E-state index in [-0.39, 0.29) is 0 Å². The summed E-state index contributed by atoms with van der Waals surface area (Å²) < 4.78 is 9.20. The minimum atomic E-state index is 0.563. The van der Waals surface area contributed by atoms with Crippen molar-refractivity contribution in [3.8, 4) is 51.0 Å². The molecule has 3 aromatic heterocycles. The van der Waals surface area contributed by atoms with Crippen LogP contribution < -0.4 is 0 Å². The first kappa shape index (κ1) is 30.3. The minimum Gasteiger partial charge on any atom is -0.454 e. The van der Waals surface area contributed by atoms with Gasteiger partial charge in [0, 0.05) is 38.2 Å². The van der Waals surface area contributed by atoms with Crippen LogP contribution in [0.15, 0.2) is 186 Å². The lowest BCUT2D eigenvalue weighted by Gasteiger charge is -2.15. The topological polar surface area (TPSA) is 56.7 Å². The van der Waals surface area contributed by atoms with Crippen molar-refractivity contribution in [2.75, 3.05) is 0 Å². The smallest absolute Gasteiger partial charge is 0.166 e. The summed E-state index contributed by atoms with van der Waals surface area (Å²) in [6, 6.07) is 63.2. The van der Waals surface area contributed by atoms with Gasteiger partial charge in [0.05, 0.1) is 11.0 Å². The van der Waals surface area contributed by atoms with Crippen LogP contribution in [0.2, 0.25) is 0 Å². The van der Waals surface area contributed by atoms with E-state index in [2.05, 4.69) is 138 Å². The fourth-order valence-corrected chi connectivity index (χ4v) is 7.88. The first-order valence-electron chi connectivity index (χ1n) is 18.1. The van der Waals surface area contributed by atoms with Crippen molar-refractivity contribution >= 4 is 54.5 Å². The molecule has 0 bridgehead atoms. The molecule has 0 saturated heterocycles. The molecule has 0 atom stereocenters. The third-order valence-electron chi connectivity index (χ3n) is 10.4. The first-order chi connectivity index (χ1) is 26.8. The second kappa shape index (κ2) is 12.1. The van der Waals surface area contributed by atoms with E-state index in [0.717, 1.165) is 71.9 Å². The van der Waals surface area contributed by atoms with Gasteiger partial charge in [0.2, 0.25) is 0 Å². The number of para-hydroxylation sites is 2. The number of hydrogen-bond donors (Lipinski definition) is 0. The maximum Gasteiger partial charge on any atom is 0.166 e. The standard InChI is InChI=1S/C49H30N4O/c1-3-14-31(15-4-1)33-20-13-21-36(28-33)48-50-47(32-16-5-2-6-17-32)51-49(52-48)40-27-26-39-38-23-10-12-25-44(38)54-46(39)45(40)53-42-24-11-9-22-37(42)41-29-34-18-7-8-19-35(34)30-43(41)53/h1-30H. The molecule has 0 unspecified atom stereocenters. The lowest BCUT2D eigenvalue weighted by atomic mass is 10.0. The van der Waals surface area contributed by atoms with Gasteiger partial charge in [-0.15, -0.1) is 0 Å². The summed E-state index contributed by atoms with van der Waals surface area (Å²) in [5, 5.41) is 6.79. The molecule has 54 heavy (non-hydrogen) atoms. The van der Waals surface area contributed by atoms with E-state index < -0.39 is 0 Å². The molecule has 5 nitrogen and oxygen atoms in total. The highest BCUT2D eigenvalue weighted by atomic mass is 16.3. The molecule has 0 aliphatic rings. The Hall–Kier alpha value is -7.37. The Morgan fingerprint density at radius 1 is 0.370 bits per heavy atom. The second-order valence-electron chi connectivity index (χ2n) is 13.6. The number of hydrogen-bond acceptors (Lipinski definition) is 4. The maximum atomic E-state index is 6.86. The Kier molecular flexibility index (Phi) is 6.79. The summed E-state index contributed by atoms with van der Waals surface area (Å²) in [5.41, 5.74) is 9.55. The molecule has 11 aromatic rings. The Morgan fingerprint density at radius 3 is 1.80 bits per heavy atom. The summed E-state index contributed by atoms with van der Waals surface area (Å²) in [6.07, 6.45) is 0.